The molecule has 148 valence electrons. The summed E-state index contributed by atoms with van der Waals surface area (Å²) in [5.74, 6) is 0.449. The molecule has 1 N–H and O–H groups in total. The standard InChI is InChI=1S/C21H21N5O2S/c1-5-18-24-26-19(22)17(20(27)23-21(26)29-18)11-14-10-12(2)25(13(14)3)15-6-8-16(28-4)9-7-15/h6-11,22H,5H2,1-4H3/b17-11-,22-19?. The van der Waals surface area contributed by atoms with Crippen LogP contribution in [0.1, 0.15) is 30.3 Å². The van der Waals surface area contributed by atoms with E-state index in [1.54, 1.807) is 13.2 Å². The van der Waals surface area contributed by atoms with E-state index >= 15 is 0 Å². The van der Waals surface area contributed by atoms with Crippen LogP contribution in [0.25, 0.3) is 11.8 Å². The number of benzene rings is 1. The lowest BCUT2D eigenvalue weighted by Crippen LogP contribution is -2.35. The first-order valence-electron chi connectivity index (χ1n) is 9.25. The number of aromatic nitrogens is 1. The Morgan fingerprint density at radius 3 is 2.62 bits per heavy atom. The average Bonchev–Trinajstić information content (AvgIpc) is 3.25. The van der Waals surface area contributed by atoms with E-state index < -0.39 is 5.91 Å². The van der Waals surface area contributed by atoms with Crippen LogP contribution in [0.2, 0.25) is 0 Å². The number of nitrogens with one attached hydrogen (secondary N) is 1. The molecule has 1 aromatic heterocycles. The van der Waals surface area contributed by atoms with Crippen molar-refractivity contribution < 1.29 is 9.53 Å². The number of amides is 1. The Bertz CT molecular complexity index is 1110. The highest BCUT2D eigenvalue weighted by atomic mass is 32.2. The SMILES string of the molecule is CCC1=NN2C(=N)/C(=C/c3cc(C)n(-c4ccc(OC)cc4)c3C)C(=O)N=C2S1. The van der Waals surface area contributed by atoms with Gasteiger partial charge in [0.2, 0.25) is 5.17 Å². The minimum atomic E-state index is -0.407. The van der Waals surface area contributed by atoms with Crippen LogP contribution in [0.5, 0.6) is 5.75 Å². The molecule has 1 aromatic carbocycles. The van der Waals surface area contributed by atoms with Crippen molar-refractivity contribution in [2.75, 3.05) is 7.11 Å². The van der Waals surface area contributed by atoms with E-state index in [1.165, 1.54) is 16.8 Å². The molecule has 0 aliphatic carbocycles. The Balaban J connectivity index is 1.73. The van der Waals surface area contributed by atoms with E-state index in [1.807, 2.05) is 51.1 Å². The van der Waals surface area contributed by atoms with Gasteiger partial charge in [0, 0.05) is 17.1 Å². The molecule has 2 aliphatic heterocycles. The molecule has 4 rings (SSSR count). The number of aryl methyl sites for hydroxylation is 1. The third-order valence-corrected chi connectivity index (χ3v) is 5.95. The lowest BCUT2D eigenvalue weighted by atomic mass is 10.1. The smallest absolute Gasteiger partial charge is 0.283 e. The summed E-state index contributed by atoms with van der Waals surface area (Å²) in [6.07, 6.45) is 2.47. The second-order valence-corrected chi connectivity index (χ2v) is 7.77. The van der Waals surface area contributed by atoms with Gasteiger partial charge in [0.25, 0.3) is 5.91 Å². The van der Waals surface area contributed by atoms with Gasteiger partial charge in [-0.25, -0.2) is 0 Å². The predicted molar refractivity (Wildman–Crippen MR) is 117 cm³/mol. The van der Waals surface area contributed by atoms with Gasteiger partial charge in [-0.3, -0.25) is 10.2 Å². The number of thioether (sulfide) groups is 1. The molecular weight excluding hydrogens is 386 g/mol. The third-order valence-electron chi connectivity index (χ3n) is 4.90. The van der Waals surface area contributed by atoms with Crippen LogP contribution in [0, 0.1) is 19.3 Å². The predicted octanol–water partition coefficient (Wildman–Crippen LogP) is 4.13. The maximum absolute atomic E-state index is 12.6. The van der Waals surface area contributed by atoms with Crippen LogP contribution in [0.4, 0.5) is 0 Å². The van der Waals surface area contributed by atoms with Crippen molar-refractivity contribution in [2.45, 2.75) is 27.2 Å². The van der Waals surface area contributed by atoms with E-state index in [9.17, 15) is 4.79 Å². The Kier molecular flexibility index (Phi) is 4.87. The molecule has 0 bridgehead atoms. The summed E-state index contributed by atoms with van der Waals surface area (Å²) in [4.78, 5) is 16.7. The normalized spacial score (nSPS) is 17.5. The highest BCUT2D eigenvalue weighted by molar-refractivity contribution is 8.26. The monoisotopic (exact) mass is 407 g/mol. The highest BCUT2D eigenvalue weighted by Crippen LogP contribution is 2.30. The zero-order chi connectivity index (χ0) is 20.7. The number of rotatable bonds is 4. The van der Waals surface area contributed by atoms with Gasteiger partial charge in [-0.15, -0.1) is 0 Å². The molecule has 0 saturated carbocycles. The Hall–Kier alpha value is -3.13. The maximum Gasteiger partial charge on any atom is 0.283 e. The summed E-state index contributed by atoms with van der Waals surface area (Å²) in [5, 5.41) is 15.6. The first-order valence-corrected chi connectivity index (χ1v) is 10.1. The molecule has 0 fully saturated rings. The molecule has 8 heteroatoms. The van der Waals surface area contributed by atoms with Gasteiger partial charge in [-0.2, -0.15) is 15.1 Å². The first-order chi connectivity index (χ1) is 13.9. The number of hydrogen-bond donors (Lipinski definition) is 1. The van der Waals surface area contributed by atoms with Gasteiger partial charge >= 0.3 is 0 Å². The molecule has 0 atom stereocenters. The van der Waals surface area contributed by atoms with E-state index in [2.05, 4.69) is 14.7 Å². The number of carbonyl (C=O) groups is 1. The number of ether oxygens (including phenoxy) is 1. The highest BCUT2D eigenvalue weighted by Gasteiger charge is 2.35. The van der Waals surface area contributed by atoms with E-state index in [4.69, 9.17) is 10.1 Å². The summed E-state index contributed by atoms with van der Waals surface area (Å²) < 4.78 is 7.34. The van der Waals surface area contributed by atoms with Crippen molar-refractivity contribution in [3.63, 3.8) is 0 Å². The molecule has 0 saturated heterocycles. The molecule has 3 heterocycles. The second-order valence-electron chi connectivity index (χ2n) is 6.73. The number of hydrazone groups is 1. The molecule has 2 aromatic rings. The number of nitrogens with zero attached hydrogens (tertiary/aromatic N) is 4. The van der Waals surface area contributed by atoms with Gasteiger partial charge in [-0.1, -0.05) is 6.92 Å². The van der Waals surface area contributed by atoms with Crippen molar-refractivity contribution in [1.29, 1.82) is 5.41 Å². The van der Waals surface area contributed by atoms with Gasteiger partial charge in [-0.05, 0) is 74.0 Å². The quantitative estimate of drug-likeness (QED) is 0.773. The number of aliphatic imine (C=N–C) groups is 1. The molecule has 0 spiro atoms. The molecule has 2 aliphatic rings. The zero-order valence-corrected chi connectivity index (χ0v) is 17.5. The van der Waals surface area contributed by atoms with E-state index in [0.717, 1.165) is 39.9 Å². The number of fused-ring (bicyclic) bond motifs is 1. The molecule has 0 unspecified atom stereocenters. The maximum atomic E-state index is 12.6. The molecule has 7 nitrogen and oxygen atoms in total. The molecule has 29 heavy (non-hydrogen) atoms. The fourth-order valence-corrected chi connectivity index (χ4v) is 4.22. The van der Waals surface area contributed by atoms with Crippen LogP contribution < -0.4 is 4.74 Å². The minimum Gasteiger partial charge on any atom is -0.497 e. The largest absolute Gasteiger partial charge is 0.497 e. The van der Waals surface area contributed by atoms with E-state index in [0.29, 0.717) is 5.17 Å². The fraction of sp³-hybridized carbons (Fsp3) is 0.238. The molecular formula is C21H21N5O2S. The summed E-state index contributed by atoms with van der Waals surface area (Å²) in [6, 6.07) is 9.81. The van der Waals surface area contributed by atoms with Crippen LogP contribution in [-0.4, -0.2) is 38.6 Å². The number of carbonyl (C=O) groups excluding carboxylic acids is 1. The fourth-order valence-electron chi connectivity index (χ4n) is 3.39. The van der Waals surface area contributed by atoms with Crippen molar-refractivity contribution in [3.05, 3.63) is 52.9 Å². The summed E-state index contributed by atoms with van der Waals surface area (Å²) in [7, 11) is 1.64. The molecule has 1 amide bonds. The van der Waals surface area contributed by atoms with Gasteiger partial charge < -0.3 is 9.30 Å². The van der Waals surface area contributed by atoms with Crippen LogP contribution in [0.3, 0.4) is 0 Å². The second kappa shape index (κ2) is 7.36. The van der Waals surface area contributed by atoms with Gasteiger partial charge in [0.05, 0.1) is 12.7 Å². The Morgan fingerprint density at radius 2 is 1.97 bits per heavy atom. The van der Waals surface area contributed by atoms with Crippen LogP contribution in [-0.2, 0) is 4.79 Å². The van der Waals surface area contributed by atoms with Gasteiger partial charge in [0.15, 0.2) is 5.84 Å². The third kappa shape index (κ3) is 3.29. The first kappa shape index (κ1) is 19.2. The van der Waals surface area contributed by atoms with Crippen molar-refractivity contribution in [1.82, 2.24) is 9.58 Å². The van der Waals surface area contributed by atoms with Crippen LogP contribution >= 0.6 is 11.8 Å². The number of methoxy groups -OCH3 is 1. The summed E-state index contributed by atoms with van der Waals surface area (Å²) in [5.41, 5.74) is 4.12. The number of hydrogen-bond acceptors (Lipinski definition) is 5. The Morgan fingerprint density at radius 1 is 1.24 bits per heavy atom. The zero-order valence-electron chi connectivity index (χ0n) is 16.7. The average molecular weight is 407 g/mol. The van der Waals surface area contributed by atoms with Crippen molar-refractivity contribution >= 4 is 39.8 Å². The van der Waals surface area contributed by atoms with Crippen molar-refractivity contribution in [2.24, 2.45) is 10.1 Å². The molecule has 0 radical (unpaired) electrons. The minimum absolute atomic E-state index is 0.0604. The summed E-state index contributed by atoms with van der Waals surface area (Å²) >= 11 is 1.34. The van der Waals surface area contributed by atoms with E-state index in [-0.39, 0.29) is 11.4 Å². The summed E-state index contributed by atoms with van der Waals surface area (Å²) in [6.45, 7) is 5.99. The Labute approximate surface area is 173 Å². The van der Waals surface area contributed by atoms with Crippen LogP contribution in [0.15, 0.2) is 46.0 Å². The van der Waals surface area contributed by atoms with Gasteiger partial charge in [0.1, 0.15) is 10.8 Å². The lowest BCUT2D eigenvalue weighted by molar-refractivity contribution is -0.114. The van der Waals surface area contributed by atoms with Crippen molar-refractivity contribution in [3.8, 4) is 11.4 Å². The lowest BCUT2D eigenvalue weighted by Gasteiger charge is -2.20. The number of amidine groups is 2. The topological polar surface area (TPSA) is 83.0 Å².